The number of hydrogen-bond donors (Lipinski definition) is 2. The van der Waals surface area contributed by atoms with Crippen molar-refractivity contribution < 1.29 is 9.90 Å². The highest BCUT2D eigenvalue weighted by Gasteiger charge is 2.41. The molecule has 0 atom stereocenters. The first-order valence-corrected chi connectivity index (χ1v) is 7.29. The molecule has 4 heteroatoms. The van der Waals surface area contributed by atoms with Gasteiger partial charge in [0, 0.05) is 17.3 Å². The van der Waals surface area contributed by atoms with E-state index in [0.717, 1.165) is 24.3 Å². The molecule has 0 bridgehead atoms. The summed E-state index contributed by atoms with van der Waals surface area (Å²) in [5.41, 5.74) is 0.945. The number of anilines is 1. The molecule has 1 aromatic rings. The molecule has 0 amide bonds. The van der Waals surface area contributed by atoms with Gasteiger partial charge in [-0.15, -0.1) is 0 Å². The van der Waals surface area contributed by atoms with Crippen LogP contribution in [0.5, 0.6) is 0 Å². The molecule has 0 aliphatic heterocycles. The summed E-state index contributed by atoms with van der Waals surface area (Å²) in [7, 11) is 0. The lowest BCUT2D eigenvalue weighted by Gasteiger charge is -2.18. The van der Waals surface area contributed by atoms with Crippen LogP contribution >= 0.6 is 11.6 Å². The van der Waals surface area contributed by atoms with E-state index >= 15 is 0 Å². The van der Waals surface area contributed by atoms with E-state index in [1.165, 1.54) is 31.7 Å². The lowest BCUT2D eigenvalue weighted by molar-refractivity contribution is 0.0698. The lowest BCUT2D eigenvalue weighted by Crippen LogP contribution is -2.19. The summed E-state index contributed by atoms with van der Waals surface area (Å²) < 4.78 is 0. The second-order valence-electron chi connectivity index (χ2n) is 5.71. The topological polar surface area (TPSA) is 49.3 Å². The monoisotopic (exact) mass is 279 g/mol. The second kappa shape index (κ2) is 5.04. The molecule has 0 aromatic heterocycles. The Labute approximate surface area is 118 Å². The summed E-state index contributed by atoms with van der Waals surface area (Å²) in [6.45, 7) is 0.886. The summed E-state index contributed by atoms with van der Waals surface area (Å²) in [5, 5.41) is 13.0. The number of nitrogens with one attached hydrogen (secondary N) is 1. The molecule has 3 nitrogen and oxygen atoms in total. The predicted octanol–water partition coefficient (Wildman–Crippen LogP) is 3.89. The molecule has 2 saturated carbocycles. The Kier molecular flexibility index (Phi) is 3.40. The molecule has 2 aliphatic rings. The fourth-order valence-electron chi connectivity index (χ4n) is 2.84. The van der Waals surface area contributed by atoms with Gasteiger partial charge in [-0.2, -0.15) is 0 Å². The molecule has 0 spiro atoms. The average Bonchev–Trinajstić information content (AvgIpc) is 3.25. The minimum absolute atomic E-state index is 0.262. The van der Waals surface area contributed by atoms with Crippen molar-refractivity contribution >= 4 is 23.3 Å². The maximum absolute atomic E-state index is 11.2. The van der Waals surface area contributed by atoms with E-state index in [9.17, 15) is 9.90 Å². The highest BCUT2D eigenvalue weighted by Crippen LogP contribution is 2.49. The van der Waals surface area contributed by atoms with Gasteiger partial charge in [0.25, 0.3) is 0 Å². The van der Waals surface area contributed by atoms with Crippen molar-refractivity contribution in [3.8, 4) is 0 Å². The highest BCUT2D eigenvalue weighted by atomic mass is 35.5. The van der Waals surface area contributed by atoms with Crippen molar-refractivity contribution in [2.45, 2.75) is 25.7 Å². The van der Waals surface area contributed by atoms with E-state index in [-0.39, 0.29) is 5.56 Å². The van der Waals surface area contributed by atoms with Crippen LogP contribution in [0.3, 0.4) is 0 Å². The van der Waals surface area contributed by atoms with Crippen molar-refractivity contribution in [3.05, 3.63) is 28.8 Å². The molecular weight excluding hydrogens is 262 g/mol. The number of halogens is 1. The van der Waals surface area contributed by atoms with Gasteiger partial charge < -0.3 is 10.4 Å². The molecule has 2 N–H and O–H groups in total. The van der Waals surface area contributed by atoms with Crippen LogP contribution < -0.4 is 5.32 Å². The van der Waals surface area contributed by atoms with Gasteiger partial charge in [0.15, 0.2) is 0 Å². The van der Waals surface area contributed by atoms with Crippen LogP contribution in [0.4, 0.5) is 5.69 Å². The van der Waals surface area contributed by atoms with Gasteiger partial charge in [0.1, 0.15) is 0 Å². The maximum atomic E-state index is 11.2. The van der Waals surface area contributed by atoms with E-state index in [2.05, 4.69) is 5.32 Å². The smallest absolute Gasteiger partial charge is 0.337 e. The van der Waals surface area contributed by atoms with Crippen LogP contribution in [0, 0.1) is 17.8 Å². The molecule has 0 heterocycles. The van der Waals surface area contributed by atoms with Gasteiger partial charge in [0.2, 0.25) is 0 Å². The molecule has 102 valence electrons. The van der Waals surface area contributed by atoms with Crippen molar-refractivity contribution in [2.24, 2.45) is 17.8 Å². The first-order valence-electron chi connectivity index (χ1n) is 6.92. The van der Waals surface area contributed by atoms with Crippen LogP contribution in [0.15, 0.2) is 18.2 Å². The largest absolute Gasteiger partial charge is 0.478 e. The Hall–Kier alpha value is -1.22. The third-order valence-electron chi connectivity index (χ3n) is 4.20. The zero-order valence-electron chi connectivity index (χ0n) is 10.7. The lowest BCUT2D eigenvalue weighted by atomic mass is 9.97. The van der Waals surface area contributed by atoms with Crippen molar-refractivity contribution in [1.29, 1.82) is 0 Å². The number of carboxylic acids is 1. The number of aromatic carboxylic acids is 1. The van der Waals surface area contributed by atoms with Gasteiger partial charge in [-0.1, -0.05) is 11.6 Å². The molecule has 0 radical (unpaired) electrons. The molecule has 2 aliphatic carbocycles. The molecule has 2 fully saturated rings. The molecule has 0 unspecified atom stereocenters. The van der Waals surface area contributed by atoms with E-state index in [1.807, 2.05) is 0 Å². The van der Waals surface area contributed by atoms with E-state index in [1.54, 1.807) is 12.1 Å². The van der Waals surface area contributed by atoms with Gasteiger partial charge in [-0.05, 0) is 61.6 Å². The SMILES string of the molecule is O=C(O)c1cc(Cl)ccc1NCC(C1CC1)C1CC1. The van der Waals surface area contributed by atoms with E-state index in [0.29, 0.717) is 10.7 Å². The maximum Gasteiger partial charge on any atom is 0.337 e. The van der Waals surface area contributed by atoms with E-state index in [4.69, 9.17) is 11.6 Å². The van der Waals surface area contributed by atoms with E-state index < -0.39 is 5.97 Å². The minimum Gasteiger partial charge on any atom is -0.478 e. The van der Waals surface area contributed by atoms with Gasteiger partial charge in [-0.25, -0.2) is 4.79 Å². The normalized spacial score (nSPS) is 18.6. The summed E-state index contributed by atoms with van der Waals surface area (Å²) in [4.78, 5) is 11.2. The first-order chi connectivity index (χ1) is 9.15. The third-order valence-corrected chi connectivity index (χ3v) is 4.43. The second-order valence-corrected chi connectivity index (χ2v) is 6.15. The number of carboxylic acid groups (broad SMARTS) is 1. The fraction of sp³-hybridized carbons (Fsp3) is 0.533. The molecule has 1 aromatic carbocycles. The predicted molar refractivity (Wildman–Crippen MR) is 75.8 cm³/mol. The summed E-state index contributed by atoms with van der Waals surface area (Å²) in [6, 6.07) is 5.01. The Bertz CT molecular complexity index is 483. The molecular formula is C15H18ClNO2. The van der Waals surface area contributed by atoms with Gasteiger partial charge in [-0.3, -0.25) is 0 Å². The quantitative estimate of drug-likeness (QED) is 0.831. The standard InChI is InChI=1S/C15H18ClNO2/c16-11-5-6-14(12(7-11)15(18)19)17-8-13(9-1-2-9)10-3-4-10/h5-7,9-10,13,17H,1-4,8H2,(H,18,19). The van der Waals surface area contributed by atoms with Crippen LogP contribution in [0.2, 0.25) is 5.02 Å². The Morgan fingerprint density at radius 2 is 1.95 bits per heavy atom. The van der Waals surface area contributed by atoms with Crippen molar-refractivity contribution in [1.82, 2.24) is 0 Å². The molecule has 3 rings (SSSR count). The highest BCUT2D eigenvalue weighted by molar-refractivity contribution is 6.31. The number of rotatable bonds is 6. The fourth-order valence-corrected chi connectivity index (χ4v) is 3.01. The molecule has 0 saturated heterocycles. The van der Waals surface area contributed by atoms with Crippen LogP contribution in [0.25, 0.3) is 0 Å². The Balaban J connectivity index is 1.70. The summed E-state index contributed by atoms with van der Waals surface area (Å²) >= 11 is 5.85. The van der Waals surface area contributed by atoms with Crippen LogP contribution in [0.1, 0.15) is 36.0 Å². The Morgan fingerprint density at radius 3 is 2.47 bits per heavy atom. The van der Waals surface area contributed by atoms with Crippen LogP contribution in [-0.4, -0.2) is 17.6 Å². The average molecular weight is 280 g/mol. The zero-order chi connectivity index (χ0) is 13.4. The van der Waals surface area contributed by atoms with Crippen molar-refractivity contribution in [2.75, 3.05) is 11.9 Å². The zero-order valence-corrected chi connectivity index (χ0v) is 11.5. The number of benzene rings is 1. The summed E-state index contributed by atoms with van der Waals surface area (Å²) in [6.07, 6.45) is 5.37. The minimum atomic E-state index is -0.931. The summed E-state index contributed by atoms with van der Waals surface area (Å²) in [5.74, 6) is 1.51. The van der Waals surface area contributed by atoms with Gasteiger partial charge >= 0.3 is 5.97 Å². The van der Waals surface area contributed by atoms with Crippen molar-refractivity contribution in [3.63, 3.8) is 0 Å². The first kappa shape index (κ1) is 12.8. The van der Waals surface area contributed by atoms with Gasteiger partial charge in [0.05, 0.1) is 5.56 Å². The third kappa shape index (κ3) is 3.03. The molecule has 19 heavy (non-hydrogen) atoms. The van der Waals surface area contributed by atoms with Crippen LogP contribution in [-0.2, 0) is 0 Å². The number of hydrogen-bond acceptors (Lipinski definition) is 2. The number of carbonyl (C=O) groups is 1. The Morgan fingerprint density at radius 1 is 1.32 bits per heavy atom.